The minimum atomic E-state index is -0.567. The number of carbonyl (C=O) groups excluding carboxylic acids is 2. The standard InChI is InChI=1S/C18H27N3O3/c1-18(2,3)24-17(23)21-12-8-6-10-15(21)16(22)20(4)13-14-9-5-7-11-19-14/h5,7,9,11,15H,6,8,10,12-13H2,1-4H3/t15-/m1/s1. The Morgan fingerprint density at radius 3 is 2.71 bits per heavy atom. The molecule has 1 saturated heterocycles. The summed E-state index contributed by atoms with van der Waals surface area (Å²) in [7, 11) is 1.75. The van der Waals surface area contributed by atoms with E-state index >= 15 is 0 Å². The number of hydrogen-bond acceptors (Lipinski definition) is 4. The highest BCUT2D eigenvalue weighted by Crippen LogP contribution is 2.22. The lowest BCUT2D eigenvalue weighted by Gasteiger charge is -2.37. The second kappa shape index (κ2) is 7.64. The molecule has 1 fully saturated rings. The van der Waals surface area contributed by atoms with Crippen molar-refractivity contribution in [2.24, 2.45) is 0 Å². The Kier molecular flexibility index (Phi) is 5.80. The third kappa shape index (κ3) is 4.94. The van der Waals surface area contributed by atoms with E-state index in [1.807, 2.05) is 39.0 Å². The van der Waals surface area contributed by atoms with E-state index in [-0.39, 0.29) is 5.91 Å². The Balaban J connectivity index is 2.05. The molecular weight excluding hydrogens is 306 g/mol. The predicted octanol–water partition coefficient (Wildman–Crippen LogP) is 2.83. The summed E-state index contributed by atoms with van der Waals surface area (Å²) >= 11 is 0. The number of likely N-dealkylation sites (tertiary alicyclic amines) is 1. The molecule has 1 aliphatic heterocycles. The lowest BCUT2D eigenvalue weighted by molar-refractivity contribution is -0.137. The van der Waals surface area contributed by atoms with Crippen molar-refractivity contribution in [3.8, 4) is 0 Å². The summed E-state index contributed by atoms with van der Waals surface area (Å²) in [6.45, 7) is 6.48. The summed E-state index contributed by atoms with van der Waals surface area (Å²) < 4.78 is 5.46. The zero-order chi connectivity index (χ0) is 17.7. The molecule has 1 aliphatic rings. The van der Waals surface area contributed by atoms with E-state index in [2.05, 4.69) is 4.98 Å². The van der Waals surface area contributed by atoms with E-state index in [9.17, 15) is 9.59 Å². The average molecular weight is 333 g/mol. The van der Waals surface area contributed by atoms with Gasteiger partial charge in [-0.1, -0.05) is 6.07 Å². The molecule has 132 valence electrons. The third-order valence-electron chi connectivity index (χ3n) is 3.92. The number of piperidine rings is 1. The molecule has 0 saturated carbocycles. The Bertz CT molecular complexity index is 569. The molecule has 6 heteroatoms. The molecule has 0 N–H and O–H groups in total. The van der Waals surface area contributed by atoms with E-state index < -0.39 is 17.7 Å². The van der Waals surface area contributed by atoms with Gasteiger partial charge in [0.25, 0.3) is 0 Å². The molecule has 2 amide bonds. The largest absolute Gasteiger partial charge is 0.444 e. The zero-order valence-corrected chi connectivity index (χ0v) is 15.0. The molecule has 1 aromatic heterocycles. The van der Waals surface area contributed by atoms with E-state index in [1.54, 1.807) is 23.0 Å². The van der Waals surface area contributed by atoms with Crippen LogP contribution in [0.25, 0.3) is 0 Å². The Morgan fingerprint density at radius 2 is 2.08 bits per heavy atom. The quantitative estimate of drug-likeness (QED) is 0.853. The van der Waals surface area contributed by atoms with E-state index in [4.69, 9.17) is 4.74 Å². The van der Waals surface area contributed by atoms with Gasteiger partial charge in [0.15, 0.2) is 0 Å². The molecule has 6 nitrogen and oxygen atoms in total. The highest BCUT2D eigenvalue weighted by atomic mass is 16.6. The number of rotatable bonds is 3. The summed E-state index contributed by atoms with van der Waals surface area (Å²) in [6.07, 6.45) is 3.80. The lowest BCUT2D eigenvalue weighted by atomic mass is 10.0. The van der Waals surface area contributed by atoms with Gasteiger partial charge in [0.1, 0.15) is 11.6 Å². The predicted molar refractivity (Wildman–Crippen MR) is 91.3 cm³/mol. The Labute approximate surface area is 143 Å². The first kappa shape index (κ1) is 18.2. The number of hydrogen-bond donors (Lipinski definition) is 0. The number of likely N-dealkylation sites (N-methyl/N-ethyl adjacent to an activating group) is 1. The molecule has 0 spiro atoms. The van der Waals surface area contributed by atoms with Crippen LogP contribution in [0.2, 0.25) is 0 Å². The molecule has 0 radical (unpaired) electrons. The molecule has 0 aliphatic carbocycles. The molecule has 2 heterocycles. The normalized spacial score (nSPS) is 18.2. The van der Waals surface area contributed by atoms with Crippen LogP contribution in [0.3, 0.4) is 0 Å². The number of ether oxygens (including phenoxy) is 1. The van der Waals surface area contributed by atoms with Gasteiger partial charge in [-0.25, -0.2) is 4.79 Å². The second-order valence-corrected chi connectivity index (χ2v) is 7.20. The summed E-state index contributed by atoms with van der Waals surface area (Å²) in [6, 6.07) is 5.17. The van der Waals surface area contributed by atoms with Crippen molar-refractivity contribution in [2.75, 3.05) is 13.6 Å². The van der Waals surface area contributed by atoms with E-state index in [0.717, 1.165) is 18.5 Å². The van der Waals surface area contributed by atoms with Crippen LogP contribution in [0.1, 0.15) is 45.7 Å². The Morgan fingerprint density at radius 1 is 1.33 bits per heavy atom. The monoisotopic (exact) mass is 333 g/mol. The minimum absolute atomic E-state index is 0.0637. The van der Waals surface area contributed by atoms with Crippen molar-refractivity contribution in [2.45, 2.75) is 58.2 Å². The van der Waals surface area contributed by atoms with Crippen LogP contribution in [0.5, 0.6) is 0 Å². The summed E-state index contributed by atoms with van der Waals surface area (Å²) in [5.74, 6) is -0.0637. The number of amides is 2. The van der Waals surface area contributed by atoms with E-state index in [1.165, 1.54) is 0 Å². The van der Waals surface area contributed by atoms with Gasteiger partial charge in [-0.3, -0.25) is 14.7 Å². The SMILES string of the molecule is CN(Cc1ccccn1)C(=O)[C@H]1CCCCN1C(=O)OC(C)(C)C. The third-order valence-corrected chi connectivity index (χ3v) is 3.92. The van der Waals surface area contributed by atoms with Gasteiger partial charge in [0.05, 0.1) is 12.2 Å². The number of carbonyl (C=O) groups is 2. The summed E-state index contributed by atoms with van der Waals surface area (Å²) in [5, 5.41) is 0. The first-order chi connectivity index (χ1) is 11.3. The molecule has 1 atom stereocenters. The number of nitrogens with zero attached hydrogens (tertiary/aromatic N) is 3. The minimum Gasteiger partial charge on any atom is -0.444 e. The molecule has 2 rings (SSSR count). The van der Waals surface area contributed by atoms with Crippen molar-refractivity contribution in [3.05, 3.63) is 30.1 Å². The fraction of sp³-hybridized carbons (Fsp3) is 0.611. The second-order valence-electron chi connectivity index (χ2n) is 7.20. The highest BCUT2D eigenvalue weighted by molar-refractivity contribution is 5.85. The van der Waals surface area contributed by atoms with Crippen molar-refractivity contribution < 1.29 is 14.3 Å². The maximum atomic E-state index is 12.8. The van der Waals surface area contributed by atoms with Crippen molar-refractivity contribution >= 4 is 12.0 Å². The van der Waals surface area contributed by atoms with Crippen molar-refractivity contribution in [1.29, 1.82) is 0 Å². The molecular formula is C18H27N3O3. The van der Waals surface area contributed by atoms with E-state index in [0.29, 0.717) is 19.5 Å². The molecule has 24 heavy (non-hydrogen) atoms. The number of aromatic nitrogens is 1. The fourth-order valence-electron chi connectivity index (χ4n) is 2.79. The van der Waals surface area contributed by atoms with Crippen molar-refractivity contribution in [1.82, 2.24) is 14.8 Å². The van der Waals surface area contributed by atoms with Crippen LogP contribution in [-0.2, 0) is 16.1 Å². The van der Waals surface area contributed by atoms with Crippen LogP contribution in [0.4, 0.5) is 4.79 Å². The highest BCUT2D eigenvalue weighted by Gasteiger charge is 2.36. The van der Waals surface area contributed by atoms with Gasteiger partial charge < -0.3 is 9.64 Å². The number of pyridine rings is 1. The van der Waals surface area contributed by atoms with Crippen LogP contribution >= 0.6 is 0 Å². The molecule has 0 bridgehead atoms. The van der Waals surface area contributed by atoms with Gasteiger partial charge in [-0.05, 0) is 52.2 Å². The summed E-state index contributed by atoms with van der Waals surface area (Å²) in [5.41, 5.74) is 0.259. The average Bonchev–Trinajstić information content (AvgIpc) is 2.53. The maximum absolute atomic E-state index is 12.8. The van der Waals surface area contributed by atoms with Crippen LogP contribution in [-0.4, -0.2) is 52.0 Å². The van der Waals surface area contributed by atoms with Crippen LogP contribution in [0, 0.1) is 0 Å². The van der Waals surface area contributed by atoms with Crippen LogP contribution in [0.15, 0.2) is 24.4 Å². The van der Waals surface area contributed by atoms with Gasteiger partial charge in [-0.2, -0.15) is 0 Å². The Hall–Kier alpha value is -2.11. The molecule has 0 aromatic carbocycles. The summed E-state index contributed by atoms with van der Waals surface area (Å²) in [4.78, 5) is 32.7. The van der Waals surface area contributed by atoms with Gasteiger partial charge >= 0.3 is 6.09 Å². The molecule has 1 aromatic rings. The first-order valence-corrected chi connectivity index (χ1v) is 8.42. The maximum Gasteiger partial charge on any atom is 0.410 e. The first-order valence-electron chi connectivity index (χ1n) is 8.42. The molecule has 0 unspecified atom stereocenters. The van der Waals surface area contributed by atoms with Crippen molar-refractivity contribution in [3.63, 3.8) is 0 Å². The lowest BCUT2D eigenvalue weighted by Crippen LogP contribution is -2.53. The fourth-order valence-corrected chi connectivity index (χ4v) is 2.79. The smallest absolute Gasteiger partial charge is 0.410 e. The zero-order valence-electron chi connectivity index (χ0n) is 15.0. The van der Waals surface area contributed by atoms with Crippen LogP contribution < -0.4 is 0 Å². The van der Waals surface area contributed by atoms with Gasteiger partial charge in [0, 0.05) is 19.8 Å². The van der Waals surface area contributed by atoms with Gasteiger partial charge in [0.2, 0.25) is 5.91 Å². The topological polar surface area (TPSA) is 62.7 Å². The van der Waals surface area contributed by atoms with Gasteiger partial charge in [-0.15, -0.1) is 0 Å².